The smallest absolute Gasteiger partial charge is 0.211 e. The number of benzene rings is 1. The molecule has 0 fully saturated rings. The summed E-state index contributed by atoms with van der Waals surface area (Å²) in [5.41, 5.74) is 1.69. The fourth-order valence-corrected chi connectivity index (χ4v) is 3.11. The molecule has 126 valence electrons. The van der Waals surface area contributed by atoms with Gasteiger partial charge in [0.25, 0.3) is 0 Å². The molecule has 0 bridgehead atoms. The van der Waals surface area contributed by atoms with Crippen LogP contribution in [0.15, 0.2) is 36.4 Å². The number of fused-ring (bicyclic) bond motifs is 1. The van der Waals surface area contributed by atoms with Crippen LogP contribution in [0, 0.1) is 6.92 Å². The van der Waals surface area contributed by atoms with Crippen LogP contribution in [0.2, 0.25) is 0 Å². The van der Waals surface area contributed by atoms with Gasteiger partial charge in [0.1, 0.15) is 10.8 Å². The van der Waals surface area contributed by atoms with Gasteiger partial charge in [0.2, 0.25) is 5.13 Å². The number of anilines is 2. The van der Waals surface area contributed by atoms with E-state index in [1.54, 1.807) is 16.6 Å². The number of phenolic OH excluding ortho intramolecular Hbond substituents is 1. The van der Waals surface area contributed by atoms with Crippen LogP contribution in [-0.4, -0.2) is 35.1 Å². The number of aromatic nitrogens is 6. The molecule has 0 aliphatic rings. The van der Waals surface area contributed by atoms with Crippen molar-refractivity contribution in [2.45, 2.75) is 19.8 Å². The average Bonchev–Trinajstić information content (AvgIpc) is 3.21. The molecule has 0 saturated carbocycles. The van der Waals surface area contributed by atoms with Crippen LogP contribution >= 0.6 is 11.3 Å². The van der Waals surface area contributed by atoms with E-state index in [4.69, 9.17) is 0 Å². The van der Waals surface area contributed by atoms with Crippen LogP contribution in [0.4, 0.5) is 10.9 Å². The second-order valence-electron chi connectivity index (χ2n) is 5.61. The Balaban J connectivity index is 1.69. The van der Waals surface area contributed by atoms with E-state index in [9.17, 15) is 5.11 Å². The largest absolute Gasteiger partial charge is 0.508 e. The number of phenols is 1. The maximum atomic E-state index is 9.46. The molecule has 0 radical (unpaired) electrons. The maximum Gasteiger partial charge on any atom is 0.211 e. The van der Waals surface area contributed by atoms with Crippen LogP contribution in [0.5, 0.6) is 5.75 Å². The van der Waals surface area contributed by atoms with Crippen LogP contribution in [0.1, 0.15) is 29.2 Å². The number of nitrogens with one attached hydrogen (secondary N) is 1. The van der Waals surface area contributed by atoms with Crippen molar-refractivity contribution >= 4 is 27.9 Å². The van der Waals surface area contributed by atoms with Crippen molar-refractivity contribution in [3.05, 3.63) is 52.8 Å². The highest BCUT2D eigenvalue weighted by Gasteiger charge is 2.17. The molecule has 25 heavy (non-hydrogen) atoms. The average molecular weight is 353 g/mol. The molecule has 4 aromatic rings. The van der Waals surface area contributed by atoms with Crippen LogP contribution in [0.3, 0.4) is 0 Å². The predicted molar refractivity (Wildman–Crippen MR) is 94.3 cm³/mol. The van der Waals surface area contributed by atoms with Crippen molar-refractivity contribution in [1.29, 1.82) is 0 Å². The van der Waals surface area contributed by atoms with Gasteiger partial charge in [-0.1, -0.05) is 30.4 Å². The lowest BCUT2D eigenvalue weighted by Crippen LogP contribution is -2.06. The van der Waals surface area contributed by atoms with E-state index < -0.39 is 0 Å². The molecule has 1 atom stereocenters. The number of hydrogen-bond donors (Lipinski definition) is 2. The van der Waals surface area contributed by atoms with E-state index in [0.717, 1.165) is 16.4 Å². The third-order valence-corrected chi connectivity index (χ3v) is 4.58. The highest BCUT2D eigenvalue weighted by molar-refractivity contribution is 7.15. The Morgan fingerprint density at radius 3 is 2.56 bits per heavy atom. The SMILES string of the molecule is Cc1nnc(Nc2ccc3nnc([C@@H](C)c4ccc(O)cc4)n3n2)s1. The molecule has 0 unspecified atom stereocenters. The van der Waals surface area contributed by atoms with Crippen LogP contribution < -0.4 is 5.32 Å². The number of rotatable bonds is 4. The first-order valence-corrected chi connectivity index (χ1v) is 8.50. The van der Waals surface area contributed by atoms with Crippen molar-refractivity contribution < 1.29 is 5.11 Å². The van der Waals surface area contributed by atoms with E-state index in [2.05, 4.69) is 30.8 Å². The summed E-state index contributed by atoms with van der Waals surface area (Å²) in [6.07, 6.45) is 0. The Morgan fingerprint density at radius 2 is 1.84 bits per heavy atom. The second-order valence-corrected chi connectivity index (χ2v) is 6.79. The monoisotopic (exact) mass is 353 g/mol. The van der Waals surface area contributed by atoms with E-state index in [-0.39, 0.29) is 11.7 Å². The van der Waals surface area contributed by atoms with Gasteiger partial charge in [-0.3, -0.25) is 0 Å². The van der Waals surface area contributed by atoms with Crippen LogP contribution in [0.25, 0.3) is 5.65 Å². The topological polar surface area (TPSA) is 101 Å². The fourth-order valence-electron chi connectivity index (χ4n) is 2.51. The summed E-state index contributed by atoms with van der Waals surface area (Å²) in [5.74, 6) is 1.57. The first-order valence-electron chi connectivity index (χ1n) is 7.68. The molecule has 8 nitrogen and oxygen atoms in total. The molecule has 3 heterocycles. The summed E-state index contributed by atoms with van der Waals surface area (Å²) in [4.78, 5) is 0. The molecule has 0 aliphatic heterocycles. The Kier molecular flexibility index (Phi) is 3.77. The van der Waals surface area contributed by atoms with Crippen molar-refractivity contribution in [1.82, 2.24) is 30.0 Å². The number of aromatic hydroxyl groups is 1. The molecule has 4 rings (SSSR count). The van der Waals surface area contributed by atoms with Gasteiger partial charge < -0.3 is 10.4 Å². The third-order valence-electron chi connectivity index (χ3n) is 3.83. The van der Waals surface area contributed by atoms with E-state index in [1.807, 2.05) is 38.1 Å². The van der Waals surface area contributed by atoms with E-state index in [1.165, 1.54) is 11.3 Å². The van der Waals surface area contributed by atoms with E-state index in [0.29, 0.717) is 16.6 Å². The van der Waals surface area contributed by atoms with Crippen molar-refractivity contribution in [3.63, 3.8) is 0 Å². The zero-order chi connectivity index (χ0) is 17.4. The number of aryl methyl sites for hydroxylation is 1. The first-order chi connectivity index (χ1) is 12.1. The van der Waals surface area contributed by atoms with E-state index >= 15 is 0 Å². The molecular weight excluding hydrogens is 338 g/mol. The Bertz CT molecular complexity index is 1020. The standard InChI is InChI=1S/C16H15N7OS/c1-9(11-3-5-12(24)6-4-11)15-20-19-14-8-7-13(22-23(14)15)17-16-21-18-10(2)25-16/h3-9,24H,1-2H3,(H,17,21,22)/t9-/m0/s1. The van der Waals surface area contributed by atoms with Gasteiger partial charge in [-0.2, -0.15) is 4.52 Å². The number of hydrogen-bond acceptors (Lipinski definition) is 8. The van der Waals surface area contributed by atoms with Crippen molar-refractivity contribution in [2.75, 3.05) is 5.32 Å². The molecule has 0 aliphatic carbocycles. The maximum absolute atomic E-state index is 9.46. The Hall–Kier alpha value is -3.07. The van der Waals surface area contributed by atoms with Gasteiger partial charge >= 0.3 is 0 Å². The molecule has 2 N–H and O–H groups in total. The molecule has 0 amide bonds. The fraction of sp³-hybridized carbons (Fsp3) is 0.188. The summed E-state index contributed by atoms with van der Waals surface area (Å²) in [5, 5.41) is 35.2. The summed E-state index contributed by atoms with van der Waals surface area (Å²) in [7, 11) is 0. The lowest BCUT2D eigenvalue weighted by Gasteiger charge is -2.10. The van der Waals surface area contributed by atoms with Gasteiger partial charge in [-0.15, -0.1) is 25.5 Å². The number of nitrogens with zero attached hydrogens (tertiary/aromatic N) is 6. The Labute approximate surface area is 147 Å². The summed E-state index contributed by atoms with van der Waals surface area (Å²) >= 11 is 1.46. The van der Waals surface area contributed by atoms with Gasteiger partial charge in [0.05, 0.1) is 0 Å². The zero-order valence-electron chi connectivity index (χ0n) is 13.6. The lowest BCUT2D eigenvalue weighted by molar-refractivity contribution is 0.475. The predicted octanol–water partition coefficient (Wildman–Crippen LogP) is 2.89. The molecule has 0 spiro atoms. The molecule has 9 heteroatoms. The molecule has 0 saturated heterocycles. The Morgan fingerprint density at radius 1 is 1.04 bits per heavy atom. The quantitative estimate of drug-likeness (QED) is 0.582. The minimum absolute atomic E-state index is 0.0258. The van der Waals surface area contributed by atoms with Gasteiger partial charge in [-0.05, 0) is 36.8 Å². The lowest BCUT2D eigenvalue weighted by atomic mass is 10.0. The minimum atomic E-state index is -0.0258. The van der Waals surface area contributed by atoms with Gasteiger partial charge in [-0.25, -0.2) is 0 Å². The third kappa shape index (κ3) is 3.01. The second kappa shape index (κ2) is 6.10. The highest BCUT2D eigenvalue weighted by Crippen LogP contribution is 2.25. The summed E-state index contributed by atoms with van der Waals surface area (Å²) in [6, 6.07) is 10.7. The zero-order valence-corrected chi connectivity index (χ0v) is 14.4. The first kappa shape index (κ1) is 15.5. The normalized spacial score (nSPS) is 12.4. The molecule has 3 aromatic heterocycles. The molecular formula is C16H15N7OS. The summed E-state index contributed by atoms with van der Waals surface area (Å²) < 4.78 is 1.72. The minimum Gasteiger partial charge on any atom is -0.508 e. The van der Waals surface area contributed by atoms with Crippen molar-refractivity contribution in [3.8, 4) is 5.75 Å². The molecule has 1 aromatic carbocycles. The highest BCUT2D eigenvalue weighted by atomic mass is 32.1. The van der Waals surface area contributed by atoms with Crippen molar-refractivity contribution in [2.24, 2.45) is 0 Å². The van der Waals surface area contributed by atoms with Gasteiger partial charge in [0, 0.05) is 5.92 Å². The summed E-state index contributed by atoms with van der Waals surface area (Å²) in [6.45, 7) is 3.93. The van der Waals surface area contributed by atoms with Gasteiger partial charge in [0.15, 0.2) is 17.3 Å². The van der Waals surface area contributed by atoms with Crippen LogP contribution in [-0.2, 0) is 0 Å².